The molecule has 0 aromatic heterocycles. The molecule has 4 heteroatoms. The van der Waals surface area contributed by atoms with Gasteiger partial charge in [-0.1, -0.05) is 30.3 Å². The molecule has 0 aliphatic carbocycles. The van der Waals surface area contributed by atoms with Gasteiger partial charge < -0.3 is 9.84 Å². The van der Waals surface area contributed by atoms with E-state index in [-0.39, 0.29) is 12.2 Å². The van der Waals surface area contributed by atoms with E-state index in [4.69, 9.17) is 9.84 Å². The summed E-state index contributed by atoms with van der Waals surface area (Å²) in [5.74, 6) is -1.32. The van der Waals surface area contributed by atoms with Gasteiger partial charge in [0.15, 0.2) is 0 Å². The van der Waals surface area contributed by atoms with Crippen molar-refractivity contribution >= 4 is 11.8 Å². The minimum Gasteiger partial charge on any atom is -0.481 e. The largest absolute Gasteiger partial charge is 0.481 e. The molecule has 0 spiro atoms. The smallest absolute Gasteiger partial charge is 0.310 e. The van der Waals surface area contributed by atoms with E-state index < -0.39 is 12.4 Å². The Kier molecular flexibility index (Phi) is 5.96. The zero-order chi connectivity index (χ0) is 12.5. The summed E-state index contributed by atoms with van der Waals surface area (Å²) in [6.07, 6.45) is 0.443. The van der Waals surface area contributed by atoms with Crippen LogP contribution in [0.1, 0.15) is 24.8 Å². The lowest BCUT2D eigenvalue weighted by Crippen LogP contribution is -2.07. The van der Waals surface area contributed by atoms with E-state index >= 15 is 0 Å². The minimum atomic E-state index is -1.07. The third-order valence-corrected chi connectivity index (χ3v) is 2.20. The molecule has 0 heterocycles. The predicted octanol–water partition coefficient (Wildman–Crippen LogP) is 2.03. The van der Waals surface area contributed by atoms with E-state index in [1.807, 2.05) is 30.3 Å². The average Bonchev–Trinajstić information content (AvgIpc) is 2.29. The quantitative estimate of drug-likeness (QED) is 0.554. The van der Waals surface area contributed by atoms with Crippen molar-refractivity contribution in [3.63, 3.8) is 0 Å². The lowest BCUT2D eigenvalue weighted by atomic mass is 10.2. The molecule has 0 saturated carbocycles. The van der Waals surface area contributed by atoms with Crippen LogP contribution < -0.4 is 0 Å². The molecular weight excluding hydrogens is 220 g/mol. The summed E-state index contributed by atoms with van der Waals surface area (Å²) < 4.78 is 5.38. The van der Waals surface area contributed by atoms with Crippen molar-refractivity contribution in [2.75, 3.05) is 6.61 Å². The van der Waals surface area contributed by atoms with Crippen molar-refractivity contribution in [2.24, 2.45) is 0 Å². The van der Waals surface area contributed by atoms with Crippen molar-refractivity contribution < 1.29 is 19.4 Å². The summed E-state index contributed by atoms with van der Waals surface area (Å²) >= 11 is 0. The summed E-state index contributed by atoms with van der Waals surface area (Å²) in [5, 5.41) is 8.38. The number of hydrogen-bond acceptors (Lipinski definition) is 3. The Morgan fingerprint density at radius 2 is 1.88 bits per heavy atom. The van der Waals surface area contributed by atoms with Crippen molar-refractivity contribution in [1.29, 1.82) is 0 Å². The number of carboxylic acid groups (broad SMARTS) is 1. The van der Waals surface area contributed by atoms with Gasteiger partial charge in [-0.05, 0) is 12.0 Å². The van der Waals surface area contributed by atoms with Crippen LogP contribution in [0.4, 0.5) is 0 Å². The van der Waals surface area contributed by atoms with Gasteiger partial charge in [-0.3, -0.25) is 9.59 Å². The van der Waals surface area contributed by atoms with Gasteiger partial charge in [0.05, 0.1) is 6.61 Å². The van der Waals surface area contributed by atoms with Gasteiger partial charge in [0.25, 0.3) is 0 Å². The molecule has 0 unspecified atom stereocenters. The van der Waals surface area contributed by atoms with Crippen molar-refractivity contribution in [1.82, 2.24) is 0 Å². The van der Waals surface area contributed by atoms with E-state index in [1.165, 1.54) is 0 Å². The minimum absolute atomic E-state index is 0.249. The van der Waals surface area contributed by atoms with E-state index in [9.17, 15) is 9.59 Å². The lowest BCUT2D eigenvalue weighted by Gasteiger charge is -2.03. The van der Waals surface area contributed by atoms with Gasteiger partial charge in [0.1, 0.15) is 12.2 Å². The SMILES string of the molecule is O=C(O)CC(=O)CCCOCc1ccccc1. The monoisotopic (exact) mass is 236 g/mol. The van der Waals surface area contributed by atoms with Crippen molar-refractivity contribution in [2.45, 2.75) is 25.9 Å². The molecule has 0 radical (unpaired) electrons. The standard InChI is InChI=1S/C13H16O4/c14-12(9-13(15)16)7-4-8-17-10-11-5-2-1-3-6-11/h1-3,5-6H,4,7-10H2,(H,15,16). The van der Waals surface area contributed by atoms with Gasteiger partial charge in [-0.2, -0.15) is 0 Å². The van der Waals surface area contributed by atoms with E-state index in [0.717, 1.165) is 5.56 Å². The number of hydrogen-bond donors (Lipinski definition) is 1. The second-order valence-electron chi connectivity index (χ2n) is 3.75. The first kappa shape index (κ1) is 13.4. The molecule has 0 aliphatic rings. The Hall–Kier alpha value is -1.68. The Bertz CT molecular complexity index is 359. The average molecular weight is 236 g/mol. The van der Waals surface area contributed by atoms with Gasteiger partial charge in [-0.15, -0.1) is 0 Å². The summed E-state index contributed by atoms with van der Waals surface area (Å²) in [5.41, 5.74) is 1.09. The summed E-state index contributed by atoms with van der Waals surface area (Å²) in [6.45, 7) is 0.994. The molecule has 0 aliphatic heterocycles. The fourth-order valence-corrected chi connectivity index (χ4v) is 1.39. The number of carbonyl (C=O) groups excluding carboxylic acids is 1. The molecule has 0 amide bonds. The molecule has 0 fully saturated rings. The highest BCUT2D eigenvalue weighted by molar-refractivity contribution is 5.94. The first-order chi connectivity index (χ1) is 8.18. The molecule has 1 aromatic rings. The third-order valence-electron chi connectivity index (χ3n) is 2.20. The molecule has 0 atom stereocenters. The molecule has 1 rings (SSSR count). The highest BCUT2D eigenvalue weighted by Gasteiger charge is 2.06. The number of Topliss-reactive ketones (excluding diaryl/α,β-unsaturated/α-hetero) is 1. The molecule has 92 valence electrons. The maximum Gasteiger partial charge on any atom is 0.310 e. The maximum atomic E-state index is 11.1. The van der Waals surface area contributed by atoms with Gasteiger partial charge >= 0.3 is 5.97 Å². The van der Waals surface area contributed by atoms with Gasteiger partial charge in [0.2, 0.25) is 0 Å². The number of rotatable bonds is 8. The van der Waals surface area contributed by atoms with Crippen LogP contribution in [-0.4, -0.2) is 23.5 Å². The maximum absolute atomic E-state index is 11.1. The number of benzene rings is 1. The molecule has 17 heavy (non-hydrogen) atoms. The topological polar surface area (TPSA) is 63.6 Å². The van der Waals surface area contributed by atoms with Crippen LogP contribution in [0, 0.1) is 0 Å². The molecule has 1 aromatic carbocycles. The second kappa shape index (κ2) is 7.57. The summed E-state index contributed by atoms with van der Waals surface area (Å²) in [6, 6.07) is 9.75. The Morgan fingerprint density at radius 1 is 1.18 bits per heavy atom. The van der Waals surface area contributed by atoms with Crippen LogP contribution in [0.2, 0.25) is 0 Å². The molecule has 0 bridgehead atoms. The highest BCUT2D eigenvalue weighted by Crippen LogP contribution is 2.02. The van der Waals surface area contributed by atoms with Crippen LogP contribution >= 0.6 is 0 Å². The van der Waals surface area contributed by atoms with Crippen LogP contribution in [0.25, 0.3) is 0 Å². The predicted molar refractivity (Wildman–Crippen MR) is 62.6 cm³/mol. The van der Waals surface area contributed by atoms with E-state index in [1.54, 1.807) is 0 Å². The second-order valence-corrected chi connectivity index (χ2v) is 3.75. The van der Waals surface area contributed by atoms with Gasteiger partial charge in [0, 0.05) is 13.0 Å². The Morgan fingerprint density at radius 3 is 2.53 bits per heavy atom. The van der Waals surface area contributed by atoms with E-state index in [0.29, 0.717) is 19.6 Å². The Balaban J connectivity index is 2.05. The van der Waals surface area contributed by atoms with E-state index in [2.05, 4.69) is 0 Å². The molecule has 0 saturated heterocycles. The first-order valence-corrected chi connectivity index (χ1v) is 5.53. The van der Waals surface area contributed by atoms with Crippen molar-refractivity contribution in [3.8, 4) is 0 Å². The normalized spacial score (nSPS) is 10.1. The summed E-state index contributed by atoms with van der Waals surface area (Å²) in [4.78, 5) is 21.3. The zero-order valence-corrected chi connectivity index (χ0v) is 9.59. The summed E-state index contributed by atoms with van der Waals surface area (Å²) in [7, 11) is 0. The van der Waals surface area contributed by atoms with Crippen LogP contribution in [0.3, 0.4) is 0 Å². The van der Waals surface area contributed by atoms with Crippen LogP contribution in [0.5, 0.6) is 0 Å². The number of aliphatic carboxylic acids is 1. The Labute approximate surface area is 100 Å². The molecule has 1 N–H and O–H groups in total. The van der Waals surface area contributed by atoms with Crippen LogP contribution in [0.15, 0.2) is 30.3 Å². The fraction of sp³-hybridized carbons (Fsp3) is 0.385. The fourth-order valence-electron chi connectivity index (χ4n) is 1.39. The van der Waals surface area contributed by atoms with Crippen molar-refractivity contribution in [3.05, 3.63) is 35.9 Å². The van der Waals surface area contributed by atoms with Crippen LogP contribution in [-0.2, 0) is 20.9 Å². The highest BCUT2D eigenvalue weighted by atomic mass is 16.5. The number of carboxylic acids is 1. The number of carbonyl (C=O) groups is 2. The molecule has 4 nitrogen and oxygen atoms in total. The zero-order valence-electron chi connectivity index (χ0n) is 9.59. The number of ether oxygens (including phenoxy) is 1. The lowest BCUT2D eigenvalue weighted by molar-refractivity contribution is -0.140. The third kappa shape index (κ3) is 6.48. The first-order valence-electron chi connectivity index (χ1n) is 5.53. The van der Waals surface area contributed by atoms with Gasteiger partial charge in [-0.25, -0.2) is 0 Å². The number of ketones is 1. The molecular formula is C13H16O4.